The van der Waals surface area contributed by atoms with E-state index in [9.17, 15) is 0 Å². The third-order valence-electron chi connectivity index (χ3n) is 2.18. The van der Waals surface area contributed by atoms with Gasteiger partial charge in [-0.2, -0.15) is 4.98 Å². The maximum Gasteiger partial charge on any atom is 0.240 e. The number of anilines is 1. The van der Waals surface area contributed by atoms with Gasteiger partial charge in [0.2, 0.25) is 11.7 Å². The Morgan fingerprint density at radius 2 is 2.20 bits per heavy atom. The van der Waals surface area contributed by atoms with Crippen LogP contribution in [0.3, 0.4) is 0 Å². The normalized spacial score (nSPS) is 10.5. The third-order valence-corrected chi connectivity index (χ3v) is 2.18. The number of nitrogen functional groups attached to an aromatic ring is 1. The number of nitrogens with zero attached hydrogens (tertiary/aromatic N) is 2. The lowest BCUT2D eigenvalue weighted by atomic mass is 10.1. The van der Waals surface area contributed by atoms with Crippen molar-refractivity contribution in [2.45, 2.75) is 13.5 Å². The predicted molar refractivity (Wildman–Crippen MR) is 56.8 cm³/mol. The number of nitrogens with two attached hydrogens (primary N) is 2. The Hall–Kier alpha value is -1.88. The number of hydrogen-bond acceptors (Lipinski definition) is 5. The molecule has 1 aromatic carbocycles. The smallest absolute Gasteiger partial charge is 0.240 e. The van der Waals surface area contributed by atoms with Crippen LogP contribution in [0.25, 0.3) is 11.4 Å². The van der Waals surface area contributed by atoms with Gasteiger partial charge in [-0.05, 0) is 18.6 Å². The molecule has 0 saturated heterocycles. The zero-order valence-corrected chi connectivity index (χ0v) is 8.40. The van der Waals surface area contributed by atoms with E-state index in [1.165, 1.54) is 0 Å². The molecule has 0 saturated carbocycles. The first-order valence-corrected chi connectivity index (χ1v) is 4.60. The van der Waals surface area contributed by atoms with Gasteiger partial charge in [0, 0.05) is 11.3 Å². The zero-order valence-electron chi connectivity index (χ0n) is 8.40. The van der Waals surface area contributed by atoms with E-state index in [0.717, 1.165) is 11.1 Å². The standard InChI is InChI=1S/C10H12N4O/c1-6-2-3-7(4-8(6)12)10-13-9(5-11)15-14-10/h2-4H,5,11-12H2,1H3. The van der Waals surface area contributed by atoms with Crippen LogP contribution in [-0.4, -0.2) is 10.1 Å². The Bertz CT molecular complexity index is 478. The van der Waals surface area contributed by atoms with Crippen molar-refractivity contribution in [1.82, 2.24) is 10.1 Å². The largest absolute Gasteiger partial charge is 0.398 e. The Morgan fingerprint density at radius 3 is 2.80 bits per heavy atom. The van der Waals surface area contributed by atoms with Crippen LogP contribution in [0.2, 0.25) is 0 Å². The molecule has 0 amide bonds. The van der Waals surface area contributed by atoms with Crippen molar-refractivity contribution >= 4 is 5.69 Å². The maximum absolute atomic E-state index is 5.79. The van der Waals surface area contributed by atoms with Gasteiger partial charge in [0.15, 0.2) is 0 Å². The molecule has 4 N–H and O–H groups in total. The summed E-state index contributed by atoms with van der Waals surface area (Å²) in [6.07, 6.45) is 0. The number of hydrogen-bond donors (Lipinski definition) is 2. The van der Waals surface area contributed by atoms with Gasteiger partial charge in [0.05, 0.1) is 6.54 Å². The highest BCUT2D eigenvalue weighted by Crippen LogP contribution is 2.20. The molecule has 15 heavy (non-hydrogen) atoms. The van der Waals surface area contributed by atoms with Gasteiger partial charge in [-0.3, -0.25) is 0 Å². The fraction of sp³-hybridized carbons (Fsp3) is 0.200. The zero-order chi connectivity index (χ0) is 10.8. The molecular weight excluding hydrogens is 192 g/mol. The van der Waals surface area contributed by atoms with Gasteiger partial charge in [-0.25, -0.2) is 0 Å². The van der Waals surface area contributed by atoms with E-state index in [0.29, 0.717) is 17.4 Å². The van der Waals surface area contributed by atoms with Crippen molar-refractivity contribution in [2.75, 3.05) is 5.73 Å². The van der Waals surface area contributed by atoms with Crippen LogP contribution in [0.15, 0.2) is 22.7 Å². The number of aryl methyl sites for hydroxylation is 1. The molecule has 1 aromatic heterocycles. The highest BCUT2D eigenvalue weighted by molar-refractivity contribution is 5.63. The SMILES string of the molecule is Cc1ccc(-c2noc(CN)n2)cc1N. The maximum atomic E-state index is 5.79. The van der Waals surface area contributed by atoms with Crippen LogP contribution in [0, 0.1) is 6.92 Å². The lowest BCUT2D eigenvalue weighted by Crippen LogP contribution is -1.96. The van der Waals surface area contributed by atoms with Gasteiger partial charge in [-0.1, -0.05) is 17.3 Å². The first-order valence-electron chi connectivity index (χ1n) is 4.60. The van der Waals surface area contributed by atoms with Crippen LogP contribution in [-0.2, 0) is 6.54 Å². The van der Waals surface area contributed by atoms with Gasteiger partial charge >= 0.3 is 0 Å². The van der Waals surface area contributed by atoms with Crippen molar-refractivity contribution in [3.05, 3.63) is 29.7 Å². The molecule has 78 valence electrons. The summed E-state index contributed by atoms with van der Waals surface area (Å²) in [6, 6.07) is 5.64. The lowest BCUT2D eigenvalue weighted by molar-refractivity contribution is 0.380. The lowest BCUT2D eigenvalue weighted by Gasteiger charge is -2.00. The molecule has 0 aliphatic carbocycles. The summed E-state index contributed by atoms with van der Waals surface area (Å²) in [5.41, 5.74) is 13.7. The molecule has 0 radical (unpaired) electrons. The Balaban J connectivity index is 2.40. The number of aromatic nitrogens is 2. The van der Waals surface area contributed by atoms with Crippen molar-refractivity contribution < 1.29 is 4.52 Å². The first-order chi connectivity index (χ1) is 7.20. The minimum atomic E-state index is 0.244. The van der Waals surface area contributed by atoms with E-state index < -0.39 is 0 Å². The quantitative estimate of drug-likeness (QED) is 0.714. The van der Waals surface area contributed by atoms with Crippen molar-refractivity contribution in [3.63, 3.8) is 0 Å². The Labute approximate surface area is 87.1 Å². The third kappa shape index (κ3) is 1.82. The molecule has 2 rings (SSSR count). The summed E-state index contributed by atoms with van der Waals surface area (Å²) < 4.78 is 4.91. The average Bonchev–Trinajstić information content (AvgIpc) is 2.70. The molecule has 5 nitrogen and oxygen atoms in total. The van der Waals surface area contributed by atoms with Gasteiger partial charge in [0.1, 0.15) is 0 Å². The molecule has 5 heteroatoms. The topological polar surface area (TPSA) is 91.0 Å². The highest BCUT2D eigenvalue weighted by atomic mass is 16.5. The molecule has 2 aromatic rings. The number of benzene rings is 1. The molecule has 0 aliphatic rings. The highest BCUT2D eigenvalue weighted by Gasteiger charge is 2.07. The Morgan fingerprint density at radius 1 is 1.40 bits per heavy atom. The molecular formula is C10H12N4O. The van der Waals surface area contributed by atoms with Crippen molar-refractivity contribution in [3.8, 4) is 11.4 Å². The van der Waals surface area contributed by atoms with Gasteiger partial charge in [-0.15, -0.1) is 0 Å². The summed E-state index contributed by atoms with van der Waals surface area (Å²) in [5, 5.41) is 3.81. The second kappa shape index (κ2) is 3.70. The summed E-state index contributed by atoms with van der Waals surface area (Å²) in [7, 11) is 0. The van der Waals surface area contributed by atoms with E-state index in [1.54, 1.807) is 0 Å². The monoisotopic (exact) mass is 204 g/mol. The van der Waals surface area contributed by atoms with Crippen LogP contribution in [0.5, 0.6) is 0 Å². The summed E-state index contributed by atoms with van der Waals surface area (Å²) >= 11 is 0. The van der Waals surface area contributed by atoms with Crippen LogP contribution in [0.4, 0.5) is 5.69 Å². The van der Waals surface area contributed by atoms with E-state index in [-0.39, 0.29) is 6.54 Å². The summed E-state index contributed by atoms with van der Waals surface area (Å²) in [5.74, 6) is 0.936. The minimum absolute atomic E-state index is 0.244. The molecule has 0 bridgehead atoms. The minimum Gasteiger partial charge on any atom is -0.398 e. The second-order valence-corrected chi connectivity index (χ2v) is 3.29. The first kappa shape index (κ1) is 9.67. The fourth-order valence-electron chi connectivity index (χ4n) is 1.23. The fourth-order valence-corrected chi connectivity index (χ4v) is 1.23. The van der Waals surface area contributed by atoms with Crippen LogP contribution in [0.1, 0.15) is 11.5 Å². The van der Waals surface area contributed by atoms with Crippen LogP contribution >= 0.6 is 0 Å². The van der Waals surface area contributed by atoms with Crippen molar-refractivity contribution in [1.29, 1.82) is 0 Å². The van der Waals surface area contributed by atoms with Gasteiger partial charge in [0.25, 0.3) is 0 Å². The summed E-state index contributed by atoms with van der Waals surface area (Å²) in [4.78, 5) is 4.11. The van der Waals surface area contributed by atoms with Crippen LogP contribution < -0.4 is 11.5 Å². The molecule has 0 atom stereocenters. The van der Waals surface area contributed by atoms with E-state index >= 15 is 0 Å². The summed E-state index contributed by atoms with van der Waals surface area (Å²) in [6.45, 7) is 2.19. The molecule has 0 spiro atoms. The van der Waals surface area contributed by atoms with Gasteiger partial charge < -0.3 is 16.0 Å². The molecule has 0 unspecified atom stereocenters. The Kier molecular flexibility index (Phi) is 2.39. The molecule has 1 heterocycles. The predicted octanol–water partition coefficient (Wildman–Crippen LogP) is 1.09. The van der Waals surface area contributed by atoms with E-state index in [1.807, 2.05) is 25.1 Å². The molecule has 0 fully saturated rings. The van der Waals surface area contributed by atoms with E-state index in [4.69, 9.17) is 16.0 Å². The average molecular weight is 204 g/mol. The second-order valence-electron chi connectivity index (χ2n) is 3.29. The number of rotatable bonds is 2. The molecule has 0 aliphatic heterocycles. The van der Waals surface area contributed by atoms with E-state index in [2.05, 4.69) is 10.1 Å². The van der Waals surface area contributed by atoms with Crippen molar-refractivity contribution in [2.24, 2.45) is 5.73 Å².